The Balaban J connectivity index is 2.26. The van der Waals surface area contributed by atoms with Gasteiger partial charge in [0.15, 0.2) is 0 Å². The minimum absolute atomic E-state index is 0.131. The van der Waals surface area contributed by atoms with E-state index in [1.165, 1.54) is 33.4 Å². The minimum atomic E-state index is 0.131. The molecule has 1 nitrogen and oxygen atoms in total. The van der Waals surface area contributed by atoms with E-state index in [9.17, 15) is 5.11 Å². The number of fused-ring (bicyclic) bond motifs is 1. The molecule has 0 saturated heterocycles. The first kappa shape index (κ1) is 16.8. The molecule has 1 heteroatoms. The maximum atomic E-state index is 10.9. The third-order valence-corrected chi connectivity index (χ3v) is 5.71. The topological polar surface area (TPSA) is 20.2 Å². The van der Waals surface area contributed by atoms with Crippen LogP contribution in [0.3, 0.4) is 0 Å². The van der Waals surface area contributed by atoms with Gasteiger partial charge in [0.05, 0.1) is 0 Å². The van der Waals surface area contributed by atoms with Crippen LogP contribution in [0.5, 0.6) is 0 Å². The van der Waals surface area contributed by atoms with E-state index in [0.717, 1.165) is 18.4 Å². The maximum Gasteiger partial charge on any atom is 0.104 e. The Kier molecular flexibility index (Phi) is 4.54. The fourth-order valence-corrected chi connectivity index (χ4v) is 4.21. The van der Waals surface area contributed by atoms with E-state index in [0.29, 0.717) is 11.7 Å². The van der Waals surface area contributed by atoms with Crippen LogP contribution in [0, 0.1) is 19.8 Å². The molecule has 0 radical (unpaired) electrons. The van der Waals surface area contributed by atoms with Crippen LogP contribution in [0.15, 0.2) is 42.2 Å². The molecule has 1 N–H and O–H groups in total. The van der Waals surface area contributed by atoms with Gasteiger partial charge in [0.1, 0.15) is 5.76 Å². The van der Waals surface area contributed by atoms with E-state index in [1.807, 2.05) is 0 Å². The summed E-state index contributed by atoms with van der Waals surface area (Å²) >= 11 is 0. The van der Waals surface area contributed by atoms with Crippen molar-refractivity contribution in [3.05, 3.63) is 64.4 Å². The number of aliphatic hydroxyl groups excluding tert-OH is 1. The van der Waals surface area contributed by atoms with Crippen molar-refractivity contribution in [2.24, 2.45) is 5.92 Å². The number of aliphatic hydroxyl groups is 1. The zero-order valence-corrected chi connectivity index (χ0v) is 15.5. The average Bonchev–Trinajstić information content (AvgIpc) is 2.82. The first-order chi connectivity index (χ1) is 11.5. The number of rotatable bonds is 4. The monoisotopic (exact) mass is 320 g/mol. The maximum absolute atomic E-state index is 10.9. The summed E-state index contributed by atoms with van der Waals surface area (Å²) in [7, 11) is 0. The molecule has 126 valence electrons. The molecule has 24 heavy (non-hydrogen) atoms. The van der Waals surface area contributed by atoms with Crippen LogP contribution in [-0.4, -0.2) is 5.11 Å². The Morgan fingerprint density at radius 1 is 0.917 bits per heavy atom. The van der Waals surface area contributed by atoms with Gasteiger partial charge in [-0.25, -0.2) is 0 Å². The zero-order chi connectivity index (χ0) is 17.4. The van der Waals surface area contributed by atoms with Crippen molar-refractivity contribution >= 4 is 5.57 Å². The van der Waals surface area contributed by atoms with Crippen molar-refractivity contribution in [3.63, 3.8) is 0 Å². The van der Waals surface area contributed by atoms with E-state index < -0.39 is 0 Å². The highest BCUT2D eigenvalue weighted by atomic mass is 16.3. The molecule has 1 aliphatic rings. The van der Waals surface area contributed by atoms with Crippen LogP contribution in [0.1, 0.15) is 61.8 Å². The fourth-order valence-electron chi connectivity index (χ4n) is 4.21. The molecule has 2 aromatic carbocycles. The molecule has 0 aliphatic heterocycles. The molecule has 1 atom stereocenters. The molecule has 1 aliphatic carbocycles. The van der Waals surface area contributed by atoms with Crippen molar-refractivity contribution in [3.8, 4) is 11.1 Å². The molecule has 0 bridgehead atoms. The van der Waals surface area contributed by atoms with Crippen LogP contribution in [0.25, 0.3) is 16.7 Å². The lowest BCUT2D eigenvalue weighted by Gasteiger charge is -2.26. The SMILES string of the molecule is CCC(CC)C1C(O)=C(C)c2ccc(C)c(-c3ccc(C)cc3)c21. The summed E-state index contributed by atoms with van der Waals surface area (Å²) in [5.41, 5.74) is 8.75. The van der Waals surface area contributed by atoms with Gasteiger partial charge in [-0.05, 0) is 60.1 Å². The van der Waals surface area contributed by atoms with Gasteiger partial charge >= 0.3 is 0 Å². The van der Waals surface area contributed by atoms with Gasteiger partial charge < -0.3 is 5.11 Å². The second kappa shape index (κ2) is 6.47. The van der Waals surface area contributed by atoms with Crippen LogP contribution >= 0.6 is 0 Å². The summed E-state index contributed by atoms with van der Waals surface area (Å²) in [6.07, 6.45) is 2.17. The Hall–Kier alpha value is -2.02. The highest BCUT2D eigenvalue weighted by Crippen LogP contribution is 2.50. The van der Waals surface area contributed by atoms with Gasteiger partial charge in [0.2, 0.25) is 0 Å². The van der Waals surface area contributed by atoms with Gasteiger partial charge in [-0.1, -0.05) is 68.7 Å². The predicted molar refractivity (Wildman–Crippen MR) is 103 cm³/mol. The highest BCUT2D eigenvalue weighted by molar-refractivity contribution is 5.85. The van der Waals surface area contributed by atoms with Crippen molar-refractivity contribution in [1.29, 1.82) is 0 Å². The Morgan fingerprint density at radius 3 is 2.12 bits per heavy atom. The van der Waals surface area contributed by atoms with Crippen LogP contribution < -0.4 is 0 Å². The summed E-state index contributed by atoms with van der Waals surface area (Å²) in [4.78, 5) is 0. The van der Waals surface area contributed by atoms with Gasteiger partial charge in [-0.2, -0.15) is 0 Å². The Morgan fingerprint density at radius 2 is 1.54 bits per heavy atom. The summed E-state index contributed by atoms with van der Waals surface area (Å²) in [6.45, 7) is 10.8. The minimum Gasteiger partial charge on any atom is -0.511 e. The average molecular weight is 320 g/mol. The molecule has 0 aromatic heterocycles. The second-order valence-electron chi connectivity index (χ2n) is 7.15. The van der Waals surface area contributed by atoms with Crippen molar-refractivity contribution in [1.82, 2.24) is 0 Å². The molecule has 2 aromatic rings. The van der Waals surface area contributed by atoms with Crippen LogP contribution in [0.2, 0.25) is 0 Å². The molecule has 1 unspecified atom stereocenters. The largest absolute Gasteiger partial charge is 0.511 e. The lowest BCUT2D eigenvalue weighted by molar-refractivity contribution is 0.312. The third-order valence-electron chi connectivity index (χ3n) is 5.71. The molecule has 0 heterocycles. The fraction of sp³-hybridized carbons (Fsp3) is 0.391. The molecule has 3 rings (SSSR count). The van der Waals surface area contributed by atoms with Crippen molar-refractivity contribution in [2.45, 2.75) is 53.4 Å². The molecule has 0 fully saturated rings. The van der Waals surface area contributed by atoms with Crippen LogP contribution in [0.4, 0.5) is 0 Å². The quantitative estimate of drug-likeness (QED) is 0.657. The number of hydrogen-bond acceptors (Lipinski definition) is 1. The molecule has 0 saturated carbocycles. The summed E-state index contributed by atoms with van der Waals surface area (Å²) in [5.74, 6) is 1.19. The van der Waals surface area contributed by atoms with Crippen molar-refractivity contribution < 1.29 is 5.11 Å². The Bertz CT molecular complexity index is 776. The number of benzene rings is 2. The van der Waals surface area contributed by atoms with Crippen molar-refractivity contribution in [2.75, 3.05) is 0 Å². The zero-order valence-electron chi connectivity index (χ0n) is 15.5. The van der Waals surface area contributed by atoms with E-state index in [2.05, 4.69) is 71.0 Å². The number of hydrogen-bond donors (Lipinski definition) is 1. The van der Waals surface area contributed by atoms with Gasteiger partial charge in [0, 0.05) is 5.92 Å². The summed E-state index contributed by atoms with van der Waals surface area (Å²) in [6, 6.07) is 13.2. The lowest BCUT2D eigenvalue weighted by atomic mass is 9.79. The highest BCUT2D eigenvalue weighted by Gasteiger charge is 2.36. The second-order valence-corrected chi connectivity index (χ2v) is 7.15. The van der Waals surface area contributed by atoms with Gasteiger partial charge in [-0.3, -0.25) is 0 Å². The standard InChI is InChI=1S/C23H28O/c1-6-17(7-2)21-22-19(16(5)23(21)24)13-10-15(4)20(22)18-11-8-14(3)9-12-18/h8-13,17,21,24H,6-7H2,1-5H3. The third kappa shape index (κ3) is 2.56. The lowest BCUT2D eigenvalue weighted by Crippen LogP contribution is -2.13. The molecule has 0 amide bonds. The molecular formula is C23H28O. The number of allylic oxidation sites excluding steroid dienone is 2. The normalized spacial score (nSPS) is 16.8. The van der Waals surface area contributed by atoms with E-state index in [1.54, 1.807) is 0 Å². The van der Waals surface area contributed by atoms with Crippen LogP contribution in [-0.2, 0) is 0 Å². The molecule has 0 spiro atoms. The number of aryl methyl sites for hydroxylation is 2. The summed E-state index contributed by atoms with van der Waals surface area (Å²) in [5, 5.41) is 10.9. The van der Waals surface area contributed by atoms with Gasteiger partial charge in [0.25, 0.3) is 0 Å². The Labute approximate surface area is 146 Å². The molecular weight excluding hydrogens is 292 g/mol. The predicted octanol–water partition coefficient (Wildman–Crippen LogP) is 6.79. The van der Waals surface area contributed by atoms with E-state index in [-0.39, 0.29) is 5.92 Å². The van der Waals surface area contributed by atoms with E-state index >= 15 is 0 Å². The van der Waals surface area contributed by atoms with Gasteiger partial charge in [-0.15, -0.1) is 0 Å². The first-order valence-electron chi connectivity index (χ1n) is 9.10. The summed E-state index contributed by atoms with van der Waals surface area (Å²) < 4.78 is 0. The first-order valence-corrected chi connectivity index (χ1v) is 9.10. The smallest absolute Gasteiger partial charge is 0.104 e. The van der Waals surface area contributed by atoms with E-state index in [4.69, 9.17) is 0 Å².